The third-order valence-electron chi connectivity index (χ3n) is 5.70. The highest BCUT2D eigenvalue weighted by molar-refractivity contribution is 5.83. The molecule has 2 N–H and O–H groups in total. The molecule has 3 heterocycles. The Morgan fingerprint density at radius 1 is 1.52 bits per heavy atom. The molecule has 0 saturated carbocycles. The summed E-state index contributed by atoms with van der Waals surface area (Å²) in [7, 11) is 0. The van der Waals surface area contributed by atoms with Gasteiger partial charge < -0.3 is 15.4 Å². The summed E-state index contributed by atoms with van der Waals surface area (Å²) in [5, 5.41) is 6.51. The highest BCUT2D eigenvalue weighted by Crippen LogP contribution is 2.34. The van der Waals surface area contributed by atoms with Gasteiger partial charge in [0.05, 0.1) is 18.1 Å². The monoisotopic (exact) mass is 295 g/mol. The van der Waals surface area contributed by atoms with E-state index < -0.39 is 0 Å². The minimum atomic E-state index is -0.231. The maximum absolute atomic E-state index is 12.7. The molecule has 0 radical (unpaired) electrons. The second kappa shape index (κ2) is 6.23. The van der Waals surface area contributed by atoms with Gasteiger partial charge in [-0.25, -0.2) is 0 Å². The summed E-state index contributed by atoms with van der Waals surface area (Å²) < 4.78 is 5.93. The van der Waals surface area contributed by atoms with Crippen molar-refractivity contribution in [2.45, 2.75) is 45.3 Å². The Hall–Kier alpha value is -0.650. The first kappa shape index (κ1) is 15.3. The van der Waals surface area contributed by atoms with Gasteiger partial charge >= 0.3 is 0 Å². The van der Waals surface area contributed by atoms with E-state index in [1.54, 1.807) is 0 Å². The van der Waals surface area contributed by atoms with E-state index in [2.05, 4.69) is 29.4 Å². The Balaban J connectivity index is 1.51. The summed E-state index contributed by atoms with van der Waals surface area (Å²) in [6, 6.07) is 0.623. The predicted molar refractivity (Wildman–Crippen MR) is 82.1 cm³/mol. The lowest BCUT2D eigenvalue weighted by Gasteiger charge is -2.36. The number of morpholine rings is 1. The van der Waals surface area contributed by atoms with Crippen LogP contribution >= 0.6 is 0 Å². The summed E-state index contributed by atoms with van der Waals surface area (Å²) in [6.45, 7) is 9.69. The van der Waals surface area contributed by atoms with E-state index in [0.29, 0.717) is 18.5 Å². The quantitative estimate of drug-likeness (QED) is 0.797. The van der Waals surface area contributed by atoms with Gasteiger partial charge in [0.2, 0.25) is 5.91 Å². The molecule has 3 aliphatic rings. The standard InChI is InChI=1S/C16H29N3O2/c1-12(2)16(5-6-17-11-16)15(20)18-8-14-9-19-7-3-4-13(19)10-21-14/h12-14,17H,3-11H2,1-2H3,(H,18,20). The molecule has 3 unspecified atom stereocenters. The van der Waals surface area contributed by atoms with Crippen molar-refractivity contribution in [3.63, 3.8) is 0 Å². The van der Waals surface area contributed by atoms with Crippen LogP contribution in [-0.4, -0.2) is 62.3 Å². The average Bonchev–Trinajstić information content (AvgIpc) is 3.13. The molecule has 3 atom stereocenters. The van der Waals surface area contributed by atoms with Gasteiger partial charge in [0.15, 0.2) is 0 Å². The van der Waals surface area contributed by atoms with Crippen molar-refractivity contribution in [2.24, 2.45) is 11.3 Å². The summed E-state index contributed by atoms with van der Waals surface area (Å²) in [4.78, 5) is 15.2. The van der Waals surface area contributed by atoms with E-state index in [0.717, 1.165) is 32.7 Å². The highest BCUT2D eigenvalue weighted by atomic mass is 16.5. The maximum Gasteiger partial charge on any atom is 0.227 e. The van der Waals surface area contributed by atoms with Crippen LogP contribution in [0.4, 0.5) is 0 Å². The minimum Gasteiger partial charge on any atom is -0.373 e. The van der Waals surface area contributed by atoms with Crippen molar-refractivity contribution in [1.29, 1.82) is 0 Å². The SMILES string of the molecule is CC(C)C1(C(=O)NCC2CN3CCCC3CO2)CCNC1. The zero-order valence-electron chi connectivity index (χ0n) is 13.4. The number of hydrogen-bond acceptors (Lipinski definition) is 4. The van der Waals surface area contributed by atoms with Crippen LogP contribution in [0, 0.1) is 11.3 Å². The molecular formula is C16H29N3O2. The van der Waals surface area contributed by atoms with E-state index in [1.165, 1.54) is 19.4 Å². The minimum absolute atomic E-state index is 0.155. The number of hydrogen-bond donors (Lipinski definition) is 2. The van der Waals surface area contributed by atoms with E-state index in [4.69, 9.17) is 4.74 Å². The first-order chi connectivity index (χ1) is 10.1. The summed E-state index contributed by atoms with van der Waals surface area (Å²) in [5.74, 6) is 0.567. The van der Waals surface area contributed by atoms with E-state index in [9.17, 15) is 4.79 Å². The molecular weight excluding hydrogens is 266 g/mol. The predicted octanol–water partition coefficient (Wildman–Crippen LogP) is 0.602. The van der Waals surface area contributed by atoms with Crippen LogP contribution in [0.3, 0.4) is 0 Å². The number of fused-ring (bicyclic) bond motifs is 1. The van der Waals surface area contributed by atoms with Crippen molar-refractivity contribution < 1.29 is 9.53 Å². The van der Waals surface area contributed by atoms with Gasteiger partial charge in [0.25, 0.3) is 0 Å². The topological polar surface area (TPSA) is 53.6 Å². The third kappa shape index (κ3) is 2.96. The third-order valence-corrected chi connectivity index (χ3v) is 5.70. The summed E-state index contributed by atoms with van der Waals surface area (Å²) in [6.07, 6.45) is 3.65. The van der Waals surface area contributed by atoms with E-state index in [-0.39, 0.29) is 17.4 Å². The second-order valence-electron chi connectivity index (χ2n) is 7.19. The molecule has 120 valence electrons. The first-order valence-corrected chi connectivity index (χ1v) is 8.46. The molecule has 0 aliphatic carbocycles. The molecule has 21 heavy (non-hydrogen) atoms. The van der Waals surface area contributed by atoms with Crippen LogP contribution in [0.5, 0.6) is 0 Å². The number of carbonyl (C=O) groups excluding carboxylic acids is 1. The lowest BCUT2D eigenvalue weighted by atomic mass is 9.75. The van der Waals surface area contributed by atoms with Crippen LogP contribution < -0.4 is 10.6 Å². The van der Waals surface area contributed by atoms with Gasteiger partial charge in [-0.1, -0.05) is 13.8 Å². The fraction of sp³-hybridized carbons (Fsp3) is 0.938. The molecule has 1 amide bonds. The number of nitrogens with zero attached hydrogens (tertiary/aromatic N) is 1. The molecule has 0 aromatic carbocycles. The van der Waals surface area contributed by atoms with Gasteiger partial charge in [-0.2, -0.15) is 0 Å². The smallest absolute Gasteiger partial charge is 0.227 e. The number of ether oxygens (including phenoxy) is 1. The van der Waals surface area contributed by atoms with Gasteiger partial charge in [-0.15, -0.1) is 0 Å². The molecule has 0 spiro atoms. The lowest BCUT2D eigenvalue weighted by Crippen LogP contribution is -2.53. The molecule has 3 saturated heterocycles. The van der Waals surface area contributed by atoms with Crippen molar-refractivity contribution >= 4 is 5.91 Å². The average molecular weight is 295 g/mol. The van der Waals surface area contributed by atoms with Crippen LogP contribution in [-0.2, 0) is 9.53 Å². The Bertz CT molecular complexity index is 380. The summed E-state index contributed by atoms with van der Waals surface area (Å²) >= 11 is 0. The molecule has 3 fully saturated rings. The number of amides is 1. The highest BCUT2D eigenvalue weighted by Gasteiger charge is 2.44. The lowest BCUT2D eigenvalue weighted by molar-refractivity contribution is -0.133. The first-order valence-electron chi connectivity index (χ1n) is 8.46. The van der Waals surface area contributed by atoms with Crippen LogP contribution in [0.25, 0.3) is 0 Å². The summed E-state index contributed by atoms with van der Waals surface area (Å²) in [5.41, 5.74) is -0.231. The van der Waals surface area contributed by atoms with Crippen molar-refractivity contribution in [3.05, 3.63) is 0 Å². The molecule has 0 aromatic rings. The van der Waals surface area contributed by atoms with Crippen LogP contribution in [0.2, 0.25) is 0 Å². The number of rotatable bonds is 4. The van der Waals surface area contributed by atoms with Crippen LogP contribution in [0.1, 0.15) is 33.1 Å². The number of nitrogens with one attached hydrogen (secondary N) is 2. The zero-order chi connectivity index (χ0) is 14.9. The van der Waals surface area contributed by atoms with Gasteiger partial charge in [0.1, 0.15) is 0 Å². The Morgan fingerprint density at radius 2 is 2.38 bits per heavy atom. The van der Waals surface area contributed by atoms with E-state index >= 15 is 0 Å². The van der Waals surface area contributed by atoms with Crippen LogP contribution in [0.15, 0.2) is 0 Å². The zero-order valence-corrected chi connectivity index (χ0v) is 13.4. The number of carbonyl (C=O) groups is 1. The van der Waals surface area contributed by atoms with Crippen molar-refractivity contribution in [1.82, 2.24) is 15.5 Å². The Morgan fingerprint density at radius 3 is 3.10 bits per heavy atom. The van der Waals surface area contributed by atoms with E-state index in [1.807, 2.05) is 0 Å². The normalized spacial score (nSPS) is 36.9. The second-order valence-corrected chi connectivity index (χ2v) is 7.19. The van der Waals surface area contributed by atoms with Gasteiger partial charge in [-0.3, -0.25) is 9.69 Å². The molecule has 3 rings (SSSR count). The fourth-order valence-electron chi connectivity index (χ4n) is 4.05. The Kier molecular flexibility index (Phi) is 4.52. The molecule has 5 nitrogen and oxygen atoms in total. The molecule has 0 bridgehead atoms. The largest absolute Gasteiger partial charge is 0.373 e. The molecule has 0 aromatic heterocycles. The van der Waals surface area contributed by atoms with Crippen molar-refractivity contribution in [2.75, 3.05) is 39.3 Å². The molecule has 3 aliphatic heterocycles. The fourth-order valence-corrected chi connectivity index (χ4v) is 4.05. The Labute approximate surface area is 127 Å². The van der Waals surface area contributed by atoms with Gasteiger partial charge in [0, 0.05) is 25.7 Å². The maximum atomic E-state index is 12.7. The van der Waals surface area contributed by atoms with Gasteiger partial charge in [-0.05, 0) is 38.3 Å². The van der Waals surface area contributed by atoms with Crippen molar-refractivity contribution in [3.8, 4) is 0 Å². The molecule has 5 heteroatoms.